The number of nitrogens with zero attached hydrogens (tertiary/aromatic N) is 2. The van der Waals surface area contributed by atoms with Crippen LogP contribution in [0, 0.1) is 0 Å². The molecule has 2 heterocycles. The predicted octanol–water partition coefficient (Wildman–Crippen LogP) is 1.53. The summed E-state index contributed by atoms with van der Waals surface area (Å²) in [5.74, 6) is 2.36. The van der Waals surface area contributed by atoms with Crippen molar-refractivity contribution in [2.24, 2.45) is 0 Å². The molecule has 0 aliphatic carbocycles. The molecule has 2 rings (SSSR count). The molecular formula is C13H19N3OS. The van der Waals surface area contributed by atoms with Crippen LogP contribution >= 0.6 is 11.8 Å². The minimum absolute atomic E-state index is 0.184. The van der Waals surface area contributed by atoms with Gasteiger partial charge in [0.1, 0.15) is 0 Å². The van der Waals surface area contributed by atoms with Gasteiger partial charge in [-0.2, -0.15) is 11.8 Å². The molecule has 0 aromatic carbocycles. The first kappa shape index (κ1) is 13.4. The highest BCUT2D eigenvalue weighted by atomic mass is 32.2. The van der Waals surface area contributed by atoms with Crippen LogP contribution in [0.2, 0.25) is 0 Å². The number of carbonyl (C=O) groups excluding carboxylic acids is 1. The van der Waals surface area contributed by atoms with Crippen molar-refractivity contribution in [2.45, 2.75) is 19.4 Å². The molecule has 1 atom stereocenters. The van der Waals surface area contributed by atoms with Gasteiger partial charge in [0.05, 0.1) is 0 Å². The summed E-state index contributed by atoms with van der Waals surface area (Å²) in [6.07, 6.45) is 4.02. The molecule has 1 N–H and O–H groups in total. The summed E-state index contributed by atoms with van der Waals surface area (Å²) in [6.45, 7) is 3.70. The molecule has 0 saturated carbocycles. The molecule has 5 heteroatoms. The summed E-state index contributed by atoms with van der Waals surface area (Å²) in [5, 5.41) is 3.40. The first-order chi connectivity index (χ1) is 8.81. The molecule has 1 aromatic heterocycles. The van der Waals surface area contributed by atoms with Crippen molar-refractivity contribution >= 4 is 23.4 Å². The van der Waals surface area contributed by atoms with Gasteiger partial charge in [-0.05, 0) is 19.1 Å². The zero-order chi connectivity index (χ0) is 12.8. The Morgan fingerprint density at radius 3 is 2.94 bits per heavy atom. The largest absolute Gasteiger partial charge is 0.313 e. The van der Waals surface area contributed by atoms with E-state index in [2.05, 4.69) is 10.3 Å². The van der Waals surface area contributed by atoms with E-state index >= 15 is 0 Å². The fraction of sp³-hybridized carbons (Fsp3) is 0.538. The van der Waals surface area contributed by atoms with Gasteiger partial charge in [0.15, 0.2) is 0 Å². The van der Waals surface area contributed by atoms with E-state index in [1.165, 1.54) is 0 Å². The molecule has 0 spiro atoms. The second kappa shape index (κ2) is 6.75. The van der Waals surface area contributed by atoms with Crippen molar-refractivity contribution in [3.05, 3.63) is 24.5 Å². The molecule has 0 bridgehead atoms. The number of rotatable bonds is 4. The molecule has 98 valence electrons. The minimum Gasteiger partial charge on any atom is -0.313 e. The lowest BCUT2D eigenvalue weighted by molar-refractivity contribution is -0.118. The number of carbonyl (C=O) groups is 1. The van der Waals surface area contributed by atoms with Crippen LogP contribution in [-0.4, -0.2) is 41.5 Å². The first-order valence-corrected chi connectivity index (χ1v) is 7.48. The standard InChI is InChI=1S/C13H19N3OS/c1-2-16(12-3-5-14-6-4-12)13(17)9-11-10-18-8-7-15-11/h3-6,11,15H,2,7-10H2,1H3. The molecular weight excluding hydrogens is 246 g/mol. The van der Waals surface area contributed by atoms with Crippen molar-refractivity contribution in [2.75, 3.05) is 29.5 Å². The summed E-state index contributed by atoms with van der Waals surface area (Å²) in [4.78, 5) is 18.1. The van der Waals surface area contributed by atoms with Gasteiger partial charge in [0.2, 0.25) is 5.91 Å². The average Bonchev–Trinajstić information content (AvgIpc) is 2.42. The van der Waals surface area contributed by atoms with Gasteiger partial charge in [-0.1, -0.05) is 0 Å². The van der Waals surface area contributed by atoms with Gasteiger partial charge in [0, 0.05) is 55.1 Å². The predicted molar refractivity (Wildman–Crippen MR) is 76.0 cm³/mol. The number of anilines is 1. The maximum absolute atomic E-state index is 12.3. The number of nitrogens with one attached hydrogen (secondary N) is 1. The van der Waals surface area contributed by atoms with Crippen molar-refractivity contribution in [1.29, 1.82) is 0 Å². The normalized spacial score (nSPS) is 19.5. The van der Waals surface area contributed by atoms with Crippen LogP contribution in [0.3, 0.4) is 0 Å². The van der Waals surface area contributed by atoms with Crippen molar-refractivity contribution in [1.82, 2.24) is 10.3 Å². The molecule has 4 nitrogen and oxygen atoms in total. The molecule has 1 unspecified atom stereocenters. The van der Waals surface area contributed by atoms with Gasteiger partial charge in [-0.3, -0.25) is 9.78 Å². The van der Waals surface area contributed by atoms with Gasteiger partial charge in [-0.15, -0.1) is 0 Å². The lowest BCUT2D eigenvalue weighted by Crippen LogP contribution is -2.42. The number of hydrogen-bond acceptors (Lipinski definition) is 4. The molecule has 1 aliphatic rings. The Bertz CT molecular complexity index is 379. The lowest BCUT2D eigenvalue weighted by atomic mass is 10.2. The number of pyridine rings is 1. The second-order valence-electron chi connectivity index (χ2n) is 4.27. The Kier molecular flexibility index (Phi) is 5.01. The Morgan fingerprint density at radius 2 is 2.33 bits per heavy atom. The molecule has 1 aliphatic heterocycles. The van der Waals surface area contributed by atoms with Crippen molar-refractivity contribution in [3.63, 3.8) is 0 Å². The fourth-order valence-electron chi connectivity index (χ4n) is 2.10. The van der Waals surface area contributed by atoms with E-state index in [4.69, 9.17) is 0 Å². The average molecular weight is 265 g/mol. The number of amides is 1. The number of hydrogen-bond donors (Lipinski definition) is 1. The summed E-state index contributed by atoms with van der Waals surface area (Å²) in [5.41, 5.74) is 0.931. The Morgan fingerprint density at radius 1 is 1.56 bits per heavy atom. The summed E-state index contributed by atoms with van der Waals surface area (Å²) >= 11 is 1.92. The van der Waals surface area contributed by atoms with Gasteiger partial charge in [-0.25, -0.2) is 0 Å². The van der Waals surface area contributed by atoms with Crippen LogP contribution in [0.1, 0.15) is 13.3 Å². The minimum atomic E-state index is 0.184. The Hall–Kier alpha value is -1.07. The van der Waals surface area contributed by atoms with Crippen LogP contribution in [0.25, 0.3) is 0 Å². The highest BCUT2D eigenvalue weighted by Crippen LogP contribution is 2.16. The van der Waals surface area contributed by atoms with E-state index in [0.717, 1.165) is 23.7 Å². The molecule has 0 radical (unpaired) electrons. The van der Waals surface area contributed by atoms with E-state index < -0.39 is 0 Å². The second-order valence-corrected chi connectivity index (χ2v) is 5.42. The van der Waals surface area contributed by atoms with Crippen LogP contribution in [0.15, 0.2) is 24.5 Å². The highest BCUT2D eigenvalue weighted by Gasteiger charge is 2.20. The summed E-state index contributed by atoms with van der Waals surface area (Å²) in [6, 6.07) is 4.07. The van der Waals surface area contributed by atoms with E-state index in [-0.39, 0.29) is 5.91 Å². The maximum Gasteiger partial charge on any atom is 0.228 e. The fourth-order valence-corrected chi connectivity index (χ4v) is 3.05. The third-order valence-electron chi connectivity index (χ3n) is 3.01. The number of thioether (sulfide) groups is 1. The van der Waals surface area contributed by atoms with E-state index in [0.29, 0.717) is 19.0 Å². The van der Waals surface area contributed by atoms with E-state index in [1.807, 2.05) is 35.7 Å². The number of aromatic nitrogens is 1. The Balaban J connectivity index is 1.97. The SMILES string of the molecule is CCN(C(=O)CC1CSCCN1)c1ccncc1. The quantitative estimate of drug-likeness (QED) is 0.897. The lowest BCUT2D eigenvalue weighted by Gasteiger charge is -2.26. The van der Waals surface area contributed by atoms with E-state index in [1.54, 1.807) is 12.4 Å². The third-order valence-corrected chi connectivity index (χ3v) is 4.14. The molecule has 1 amide bonds. The zero-order valence-corrected chi connectivity index (χ0v) is 11.4. The zero-order valence-electron chi connectivity index (χ0n) is 10.6. The third kappa shape index (κ3) is 3.46. The molecule has 1 saturated heterocycles. The van der Waals surface area contributed by atoms with Crippen LogP contribution in [0.5, 0.6) is 0 Å². The summed E-state index contributed by atoms with van der Waals surface area (Å²) in [7, 11) is 0. The van der Waals surface area contributed by atoms with Gasteiger partial charge >= 0.3 is 0 Å². The summed E-state index contributed by atoms with van der Waals surface area (Å²) < 4.78 is 0. The topological polar surface area (TPSA) is 45.2 Å². The van der Waals surface area contributed by atoms with E-state index in [9.17, 15) is 4.79 Å². The van der Waals surface area contributed by atoms with Crippen LogP contribution < -0.4 is 10.2 Å². The monoisotopic (exact) mass is 265 g/mol. The maximum atomic E-state index is 12.3. The van der Waals surface area contributed by atoms with Crippen LogP contribution in [-0.2, 0) is 4.79 Å². The molecule has 1 aromatic rings. The highest BCUT2D eigenvalue weighted by molar-refractivity contribution is 7.99. The van der Waals surface area contributed by atoms with Crippen molar-refractivity contribution < 1.29 is 4.79 Å². The van der Waals surface area contributed by atoms with Crippen molar-refractivity contribution in [3.8, 4) is 0 Å². The molecule has 1 fully saturated rings. The van der Waals surface area contributed by atoms with Gasteiger partial charge < -0.3 is 10.2 Å². The Labute approximate surface area is 112 Å². The van der Waals surface area contributed by atoms with Gasteiger partial charge in [0.25, 0.3) is 0 Å². The smallest absolute Gasteiger partial charge is 0.228 e. The first-order valence-electron chi connectivity index (χ1n) is 6.32. The molecule has 18 heavy (non-hydrogen) atoms. The van der Waals surface area contributed by atoms with Crippen LogP contribution in [0.4, 0.5) is 5.69 Å².